The van der Waals surface area contributed by atoms with Crippen LogP contribution in [0.4, 0.5) is 0 Å². The first-order chi connectivity index (χ1) is 12.2. The minimum absolute atomic E-state index is 0.0230. The van der Waals surface area contributed by atoms with Crippen LogP contribution >= 0.6 is 0 Å². The van der Waals surface area contributed by atoms with Crippen LogP contribution in [0.1, 0.15) is 42.6 Å². The van der Waals surface area contributed by atoms with E-state index < -0.39 is 0 Å². The van der Waals surface area contributed by atoms with Crippen molar-refractivity contribution in [2.75, 3.05) is 26.7 Å². The van der Waals surface area contributed by atoms with E-state index in [-0.39, 0.29) is 11.9 Å². The molecular formula is C17H25N7O. The first-order valence-electron chi connectivity index (χ1n) is 9.20. The molecule has 1 fully saturated rings. The minimum Gasteiger partial charge on any atom is -0.338 e. The zero-order valence-electron chi connectivity index (χ0n) is 14.7. The molecule has 134 valence electrons. The normalized spacial score (nSPS) is 25.5. The highest BCUT2D eigenvalue weighted by Gasteiger charge is 2.30. The molecule has 8 heteroatoms. The topological polar surface area (TPSA) is 87.8 Å². The Balaban J connectivity index is 1.35. The van der Waals surface area contributed by atoms with Crippen LogP contribution in [0, 0.1) is 5.92 Å². The van der Waals surface area contributed by atoms with Crippen molar-refractivity contribution in [3.05, 3.63) is 23.2 Å². The molecule has 2 atom stereocenters. The molecule has 0 unspecified atom stereocenters. The first kappa shape index (κ1) is 16.4. The number of amides is 1. The maximum Gasteiger partial charge on any atom is 0.275 e. The van der Waals surface area contributed by atoms with E-state index in [9.17, 15) is 4.79 Å². The van der Waals surface area contributed by atoms with Gasteiger partial charge in [-0.2, -0.15) is 10.2 Å². The Morgan fingerprint density at radius 2 is 2.32 bits per heavy atom. The summed E-state index contributed by atoms with van der Waals surface area (Å²) < 4.78 is 1.80. The Kier molecular flexibility index (Phi) is 4.61. The lowest BCUT2D eigenvalue weighted by Gasteiger charge is -2.22. The number of nitrogens with one attached hydrogen (secondary N) is 1. The number of piperidine rings is 1. The summed E-state index contributed by atoms with van der Waals surface area (Å²) in [5.74, 6) is 0.457. The molecule has 1 aliphatic carbocycles. The van der Waals surface area contributed by atoms with Crippen LogP contribution in [-0.4, -0.2) is 58.5 Å². The third-order valence-corrected chi connectivity index (χ3v) is 5.35. The quantitative estimate of drug-likeness (QED) is 0.880. The summed E-state index contributed by atoms with van der Waals surface area (Å²) in [7, 11) is 1.80. The summed E-state index contributed by atoms with van der Waals surface area (Å²) in [6, 6.07) is 0.0230. The Morgan fingerprint density at radius 3 is 3.16 bits per heavy atom. The highest BCUT2D eigenvalue weighted by atomic mass is 16.2. The summed E-state index contributed by atoms with van der Waals surface area (Å²) in [6.45, 7) is 3.47. The fraction of sp³-hybridized carbons (Fsp3) is 0.706. The SMILES string of the molecule is CN(C[C@H]1N=NC2=C1CCC2)C(=O)c1cn(C[C@H]2CCCNC2)nn1. The summed E-state index contributed by atoms with van der Waals surface area (Å²) in [5, 5.41) is 20.2. The molecule has 1 N–H and O–H groups in total. The smallest absolute Gasteiger partial charge is 0.275 e. The number of carbonyl (C=O) groups is 1. The fourth-order valence-corrected chi connectivity index (χ4v) is 3.95. The molecule has 1 saturated heterocycles. The van der Waals surface area contributed by atoms with E-state index >= 15 is 0 Å². The number of azo groups is 1. The molecule has 1 aromatic heterocycles. The summed E-state index contributed by atoms with van der Waals surface area (Å²) >= 11 is 0. The number of rotatable bonds is 5. The Morgan fingerprint density at radius 1 is 1.40 bits per heavy atom. The van der Waals surface area contributed by atoms with E-state index in [4.69, 9.17) is 0 Å². The average Bonchev–Trinajstić information content (AvgIpc) is 3.34. The molecule has 0 spiro atoms. The van der Waals surface area contributed by atoms with Gasteiger partial charge >= 0.3 is 0 Å². The van der Waals surface area contributed by atoms with Gasteiger partial charge in [0.05, 0.1) is 11.9 Å². The molecule has 2 aliphatic heterocycles. The molecule has 25 heavy (non-hydrogen) atoms. The second-order valence-corrected chi connectivity index (χ2v) is 7.28. The van der Waals surface area contributed by atoms with Crippen molar-refractivity contribution in [1.82, 2.24) is 25.2 Å². The van der Waals surface area contributed by atoms with E-state index in [1.165, 1.54) is 18.4 Å². The second kappa shape index (κ2) is 7.03. The Hall–Kier alpha value is -2.09. The van der Waals surface area contributed by atoms with Crippen LogP contribution in [0.25, 0.3) is 0 Å². The summed E-state index contributed by atoms with van der Waals surface area (Å²) in [5.41, 5.74) is 2.85. The highest BCUT2D eigenvalue weighted by molar-refractivity contribution is 5.91. The lowest BCUT2D eigenvalue weighted by atomic mass is 10.00. The van der Waals surface area contributed by atoms with Gasteiger partial charge in [-0.05, 0) is 56.7 Å². The van der Waals surface area contributed by atoms with Gasteiger partial charge in [0.1, 0.15) is 6.04 Å². The van der Waals surface area contributed by atoms with Crippen LogP contribution in [0.3, 0.4) is 0 Å². The van der Waals surface area contributed by atoms with Crippen molar-refractivity contribution >= 4 is 5.91 Å². The number of likely N-dealkylation sites (N-methyl/N-ethyl adjacent to an activating group) is 1. The van der Waals surface area contributed by atoms with Crippen LogP contribution in [-0.2, 0) is 6.54 Å². The molecule has 1 amide bonds. The Bertz CT molecular complexity index is 702. The number of nitrogens with zero attached hydrogens (tertiary/aromatic N) is 6. The van der Waals surface area contributed by atoms with E-state index in [0.29, 0.717) is 18.2 Å². The van der Waals surface area contributed by atoms with Gasteiger partial charge < -0.3 is 10.2 Å². The van der Waals surface area contributed by atoms with Crippen LogP contribution in [0.5, 0.6) is 0 Å². The molecule has 3 aliphatic rings. The predicted octanol–water partition coefficient (Wildman–Crippen LogP) is 1.62. The largest absolute Gasteiger partial charge is 0.338 e. The van der Waals surface area contributed by atoms with Crippen molar-refractivity contribution in [2.24, 2.45) is 16.1 Å². The number of hydrogen-bond donors (Lipinski definition) is 1. The number of carbonyl (C=O) groups excluding carboxylic acids is 1. The highest BCUT2D eigenvalue weighted by Crippen LogP contribution is 2.35. The van der Waals surface area contributed by atoms with Crippen molar-refractivity contribution < 1.29 is 4.79 Å². The third-order valence-electron chi connectivity index (χ3n) is 5.35. The standard InChI is InChI=1S/C17H25N7O/c1-23(10-15-13-5-2-6-14(13)19-20-15)17(25)16-11-24(22-21-16)9-12-4-3-7-18-8-12/h11-12,15,18H,2-10H2,1H3/t12-,15+/m0/s1. The van der Waals surface area contributed by atoms with Crippen molar-refractivity contribution in [3.8, 4) is 0 Å². The zero-order valence-corrected chi connectivity index (χ0v) is 14.7. The van der Waals surface area contributed by atoms with E-state index in [1.807, 2.05) is 0 Å². The van der Waals surface area contributed by atoms with Crippen molar-refractivity contribution in [3.63, 3.8) is 0 Å². The lowest BCUT2D eigenvalue weighted by molar-refractivity contribution is 0.0785. The van der Waals surface area contributed by atoms with Gasteiger partial charge in [-0.3, -0.25) is 9.48 Å². The molecule has 0 bridgehead atoms. The van der Waals surface area contributed by atoms with Crippen LogP contribution in [0.2, 0.25) is 0 Å². The van der Waals surface area contributed by atoms with Gasteiger partial charge in [-0.25, -0.2) is 0 Å². The molecule has 0 radical (unpaired) electrons. The molecule has 3 heterocycles. The zero-order chi connectivity index (χ0) is 17.2. The molecule has 4 rings (SSSR count). The third kappa shape index (κ3) is 3.49. The van der Waals surface area contributed by atoms with Gasteiger partial charge in [0.2, 0.25) is 0 Å². The van der Waals surface area contributed by atoms with Gasteiger partial charge in [0, 0.05) is 20.1 Å². The van der Waals surface area contributed by atoms with Crippen LogP contribution in [0.15, 0.2) is 27.7 Å². The Labute approximate surface area is 147 Å². The summed E-state index contributed by atoms with van der Waals surface area (Å²) in [4.78, 5) is 14.3. The maximum atomic E-state index is 12.6. The van der Waals surface area contributed by atoms with Gasteiger partial charge in [0.15, 0.2) is 5.69 Å². The lowest BCUT2D eigenvalue weighted by Crippen LogP contribution is -2.34. The maximum absolute atomic E-state index is 12.6. The average molecular weight is 343 g/mol. The van der Waals surface area contributed by atoms with Gasteiger partial charge in [-0.1, -0.05) is 5.21 Å². The number of aromatic nitrogens is 3. The van der Waals surface area contributed by atoms with E-state index in [2.05, 4.69) is 25.9 Å². The minimum atomic E-state index is -0.102. The molecule has 8 nitrogen and oxygen atoms in total. The first-order valence-corrected chi connectivity index (χ1v) is 9.20. The fourth-order valence-electron chi connectivity index (χ4n) is 3.95. The van der Waals surface area contributed by atoms with Crippen LogP contribution < -0.4 is 5.32 Å². The van der Waals surface area contributed by atoms with Gasteiger partial charge in [0.25, 0.3) is 5.91 Å². The molecule has 0 saturated carbocycles. The monoisotopic (exact) mass is 343 g/mol. The molecular weight excluding hydrogens is 318 g/mol. The number of allylic oxidation sites excluding steroid dienone is 1. The van der Waals surface area contributed by atoms with E-state index in [1.54, 1.807) is 22.8 Å². The summed E-state index contributed by atoms with van der Waals surface area (Å²) in [6.07, 6.45) is 7.39. The second-order valence-electron chi connectivity index (χ2n) is 7.28. The predicted molar refractivity (Wildman–Crippen MR) is 92.1 cm³/mol. The van der Waals surface area contributed by atoms with Gasteiger partial charge in [-0.15, -0.1) is 5.10 Å². The molecule has 1 aromatic rings. The van der Waals surface area contributed by atoms with Crippen molar-refractivity contribution in [2.45, 2.75) is 44.7 Å². The van der Waals surface area contributed by atoms with Crippen molar-refractivity contribution in [1.29, 1.82) is 0 Å². The van der Waals surface area contributed by atoms with E-state index in [0.717, 1.165) is 44.6 Å². The number of hydrogen-bond acceptors (Lipinski definition) is 6. The molecule has 0 aromatic carbocycles.